The molecule has 0 saturated heterocycles. The molecule has 0 aromatic heterocycles. The lowest BCUT2D eigenvalue weighted by Gasteiger charge is -2.24. The van der Waals surface area contributed by atoms with Crippen molar-refractivity contribution in [3.8, 4) is 0 Å². The number of nitro groups is 1. The van der Waals surface area contributed by atoms with Crippen molar-refractivity contribution in [2.75, 3.05) is 5.32 Å². The zero-order chi connectivity index (χ0) is 17.0. The van der Waals surface area contributed by atoms with Gasteiger partial charge in [0.25, 0.3) is 5.69 Å². The Labute approximate surface area is 133 Å². The van der Waals surface area contributed by atoms with Crippen LogP contribution in [0.1, 0.15) is 25.3 Å². The molecular weight excluding hydrogens is 300 g/mol. The largest absolute Gasteiger partial charge is 0.481 e. The summed E-state index contributed by atoms with van der Waals surface area (Å²) in [5.41, 5.74) is 0.832. The molecule has 7 heteroatoms. The Morgan fingerprint density at radius 3 is 2.52 bits per heavy atom. The third-order valence-corrected chi connectivity index (χ3v) is 4.02. The van der Waals surface area contributed by atoms with E-state index in [1.165, 1.54) is 6.07 Å². The lowest BCUT2D eigenvalue weighted by atomic mass is 9.82. The fourth-order valence-corrected chi connectivity index (χ4v) is 2.72. The summed E-state index contributed by atoms with van der Waals surface area (Å²) in [5.74, 6) is -2.89. The number of carbonyl (C=O) groups excluding carboxylic acids is 1. The summed E-state index contributed by atoms with van der Waals surface area (Å²) in [6, 6.07) is 4.51. The van der Waals surface area contributed by atoms with Gasteiger partial charge in [0.2, 0.25) is 5.91 Å². The molecule has 7 nitrogen and oxygen atoms in total. The van der Waals surface area contributed by atoms with E-state index in [2.05, 4.69) is 5.32 Å². The van der Waals surface area contributed by atoms with E-state index in [1.807, 2.05) is 6.92 Å². The van der Waals surface area contributed by atoms with Crippen LogP contribution in [0.5, 0.6) is 0 Å². The van der Waals surface area contributed by atoms with Crippen molar-refractivity contribution in [3.63, 3.8) is 0 Å². The molecule has 0 fully saturated rings. The second-order valence-electron chi connectivity index (χ2n) is 5.44. The molecule has 1 aromatic carbocycles. The van der Waals surface area contributed by atoms with Gasteiger partial charge >= 0.3 is 5.97 Å². The minimum atomic E-state index is -1.01. The first-order valence-electron chi connectivity index (χ1n) is 7.40. The van der Waals surface area contributed by atoms with E-state index in [9.17, 15) is 24.8 Å². The van der Waals surface area contributed by atoms with Gasteiger partial charge in [-0.15, -0.1) is 0 Å². The number of amides is 1. The van der Waals surface area contributed by atoms with Crippen LogP contribution in [0.4, 0.5) is 11.4 Å². The molecule has 0 aliphatic heterocycles. The Bertz CT molecular complexity index is 668. The Balaban J connectivity index is 2.19. The highest BCUT2D eigenvalue weighted by molar-refractivity contribution is 5.95. The number of aliphatic carboxylic acids is 1. The smallest absolute Gasteiger partial charge is 0.307 e. The van der Waals surface area contributed by atoms with Crippen molar-refractivity contribution in [2.24, 2.45) is 11.8 Å². The van der Waals surface area contributed by atoms with Crippen molar-refractivity contribution >= 4 is 23.3 Å². The van der Waals surface area contributed by atoms with Crippen molar-refractivity contribution in [3.05, 3.63) is 46.0 Å². The molecule has 0 radical (unpaired) electrons. The number of anilines is 1. The zero-order valence-electron chi connectivity index (χ0n) is 12.7. The lowest BCUT2D eigenvalue weighted by molar-refractivity contribution is -0.385. The van der Waals surface area contributed by atoms with E-state index in [-0.39, 0.29) is 5.69 Å². The summed E-state index contributed by atoms with van der Waals surface area (Å²) in [6.45, 7) is 1.81. The molecule has 1 aromatic rings. The van der Waals surface area contributed by atoms with Gasteiger partial charge in [0.05, 0.1) is 16.8 Å². The van der Waals surface area contributed by atoms with Crippen LogP contribution in [0.25, 0.3) is 0 Å². The first kappa shape index (κ1) is 16.7. The number of rotatable bonds is 5. The van der Waals surface area contributed by atoms with E-state index < -0.39 is 28.6 Å². The van der Waals surface area contributed by atoms with Gasteiger partial charge in [-0.2, -0.15) is 0 Å². The molecule has 122 valence electrons. The molecule has 2 atom stereocenters. The molecule has 1 amide bonds. The predicted molar refractivity (Wildman–Crippen MR) is 84.1 cm³/mol. The second-order valence-corrected chi connectivity index (χ2v) is 5.44. The number of hydrogen-bond acceptors (Lipinski definition) is 4. The molecule has 1 aliphatic rings. The normalized spacial score (nSPS) is 20.0. The van der Waals surface area contributed by atoms with E-state index in [4.69, 9.17) is 0 Å². The summed E-state index contributed by atoms with van der Waals surface area (Å²) < 4.78 is 0. The molecule has 23 heavy (non-hydrogen) atoms. The van der Waals surface area contributed by atoms with Crippen LogP contribution in [0, 0.1) is 22.0 Å². The fourth-order valence-electron chi connectivity index (χ4n) is 2.72. The summed E-state index contributed by atoms with van der Waals surface area (Å²) in [6.07, 6.45) is 4.70. The molecule has 2 N–H and O–H groups in total. The molecular formula is C16H18N2O5. The van der Waals surface area contributed by atoms with Gasteiger partial charge in [-0.3, -0.25) is 19.7 Å². The number of allylic oxidation sites excluding steroid dienone is 2. The molecule has 2 rings (SSSR count). The highest BCUT2D eigenvalue weighted by atomic mass is 16.6. The van der Waals surface area contributed by atoms with Gasteiger partial charge in [-0.1, -0.05) is 25.1 Å². The van der Waals surface area contributed by atoms with Crippen LogP contribution < -0.4 is 5.32 Å². The number of nitro benzene ring substituents is 1. The van der Waals surface area contributed by atoms with Gasteiger partial charge < -0.3 is 10.4 Å². The quantitative estimate of drug-likeness (QED) is 0.493. The minimum absolute atomic E-state index is 0.0522. The van der Waals surface area contributed by atoms with Crippen molar-refractivity contribution < 1.29 is 19.6 Å². The number of carboxylic acids is 1. The first-order valence-corrected chi connectivity index (χ1v) is 7.40. The maximum absolute atomic E-state index is 12.3. The van der Waals surface area contributed by atoms with Crippen molar-refractivity contribution in [1.82, 2.24) is 0 Å². The third kappa shape index (κ3) is 3.74. The molecule has 0 bridgehead atoms. The van der Waals surface area contributed by atoms with Crippen LogP contribution in [0.3, 0.4) is 0 Å². The maximum atomic E-state index is 12.3. The Hall–Kier alpha value is -2.70. The molecule has 1 aliphatic carbocycles. The van der Waals surface area contributed by atoms with Gasteiger partial charge in [-0.05, 0) is 25.3 Å². The van der Waals surface area contributed by atoms with E-state index >= 15 is 0 Å². The maximum Gasteiger partial charge on any atom is 0.307 e. The van der Waals surface area contributed by atoms with Crippen LogP contribution in [0.15, 0.2) is 30.4 Å². The number of carboxylic acid groups (broad SMARTS) is 1. The summed E-state index contributed by atoms with van der Waals surface area (Å²) >= 11 is 0. The zero-order valence-corrected chi connectivity index (χ0v) is 12.7. The van der Waals surface area contributed by atoms with Gasteiger partial charge in [0, 0.05) is 17.3 Å². The number of hydrogen-bond donors (Lipinski definition) is 2. The average Bonchev–Trinajstić information content (AvgIpc) is 2.54. The van der Waals surface area contributed by atoms with Crippen LogP contribution in [-0.4, -0.2) is 21.9 Å². The lowest BCUT2D eigenvalue weighted by Crippen LogP contribution is -2.34. The molecule has 0 saturated carbocycles. The van der Waals surface area contributed by atoms with Crippen LogP contribution in [0.2, 0.25) is 0 Å². The third-order valence-electron chi connectivity index (χ3n) is 4.02. The van der Waals surface area contributed by atoms with Gasteiger partial charge in [-0.25, -0.2) is 0 Å². The highest BCUT2D eigenvalue weighted by Crippen LogP contribution is 2.29. The van der Waals surface area contributed by atoms with Gasteiger partial charge in [0.15, 0.2) is 0 Å². The van der Waals surface area contributed by atoms with Crippen LogP contribution in [-0.2, 0) is 16.0 Å². The number of nitrogens with one attached hydrogen (secondary N) is 1. The van der Waals surface area contributed by atoms with E-state index in [0.717, 1.165) is 0 Å². The van der Waals surface area contributed by atoms with Crippen molar-refractivity contribution in [2.45, 2.75) is 26.2 Å². The Kier molecular flexibility index (Phi) is 5.10. The number of aryl methyl sites for hydroxylation is 1. The van der Waals surface area contributed by atoms with E-state index in [0.29, 0.717) is 30.5 Å². The summed E-state index contributed by atoms with van der Waals surface area (Å²) in [7, 11) is 0. The summed E-state index contributed by atoms with van der Waals surface area (Å²) in [5, 5.41) is 22.9. The number of nitrogens with zero attached hydrogens (tertiary/aromatic N) is 1. The SMILES string of the molecule is CCc1ccc(NC(=O)C2CC=CCC2C(=O)O)cc1[N+](=O)[O-]. The minimum Gasteiger partial charge on any atom is -0.481 e. The highest BCUT2D eigenvalue weighted by Gasteiger charge is 2.34. The van der Waals surface area contributed by atoms with Crippen LogP contribution >= 0.6 is 0 Å². The summed E-state index contributed by atoms with van der Waals surface area (Å²) in [4.78, 5) is 34.2. The number of benzene rings is 1. The molecule has 2 unspecified atom stereocenters. The molecule has 0 spiro atoms. The fraction of sp³-hybridized carbons (Fsp3) is 0.375. The number of carbonyl (C=O) groups is 2. The Morgan fingerprint density at radius 1 is 1.30 bits per heavy atom. The monoisotopic (exact) mass is 318 g/mol. The second kappa shape index (κ2) is 7.04. The predicted octanol–water partition coefficient (Wildman–Crippen LogP) is 2.76. The molecule has 0 heterocycles. The van der Waals surface area contributed by atoms with Gasteiger partial charge in [0.1, 0.15) is 0 Å². The average molecular weight is 318 g/mol. The standard InChI is InChI=1S/C16H18N2O5/c1-2-10-7-8-11(9-14(10)18(22)23)17-15(19)12-5-3-4-6-13(12)16(20)21/h3-4,7-9,12-13H,2,5-6H2,1H3,(H,17,19)(H,20,21). The first-order chi connectivity index (χ1) is 10.9. The Morgan fingerprint density at radius 2 is 1.96 bits per heavy atom. The van der Waals surface area contributed by atoms with Crippen molar-refractivity contribution in [1.29, 1.82) is 0 Å². The van der Waals surface area contributed by atoms with E-state index in [1.54, 1.807) is 24.3 Å². The topological polar surface area (TPSA) is 110 Å².